The minimum atomic E-state index is -0.798. The Morgan fingerprint density at radius 2 is 2.11 bits per heavy atom. The number of aryl methyl sites for hydroxylation is 3. The van der Waals surface area contributed by atoms with Crippen molar-refractivity contribution in [2.24, 2.45) is 7.05 Å². The Balaban J connectivity index is 2.54. The minimum Gasteiger partial charge on any atom is -0.382 e. The molecule has 0 aliphatic carbocycles. The molecule has 0 aliphatic heterocycles. The van der Waals surface area contributed by atoms with Gasteiger partial charge in [0.25, 0.3) is 0 Å². The number of aromatic nitrogens is 4. The molecule has 1 unspecified atom stereocenters. The standard InChI is InChI=1S/C12H17ClN4O/c1-5-17-11(9(13)6-14-17)12(18)10-7(2)15-16(4)8(10)3/h6,12,18H,5H2,1-4H3. The van der Waals surface area contributed by atoms with Crippen molar-refractivity contribution in [3.05, 3.63) is 33.9 Å². The first-order valence-corrected chi connectivity index (χ1v) is 6.24. The minimum absolute atomic E-state index is 0.479. The van der Waals surface area contributed by atoms with Crippen molar-refractivity contribution in [2.75, 3.05) is 0 Å². The molecule has 2 heterocycles. The van der Waals surface area contributed by atoms with Crippen LogP contribution in [-0.2, 0) is 13.6 Å². The van der Waals surface area contributed by atoms with Gasteiger partial charge in [0.1, 0.15) is 6.10 Å². The topological polar surface area (TPSA) is 55.9 Å². The van der Waals surface area contributed by atoms with E-state index in [9.17, 15) is 5.11 Å². The summed E-state index contributed by atoms with van der Waals surface area (Å²) in [6.45, 7) is 6.44. The summed E-state index contributed by atoms with van der Waals surface area (Å²) in [4.78, 5) is 0. The van der Waals surface area contributed by atoms with Crippen LogP contribution in [-0.4, -0.2) is 24.7 Å². The van der Waals surface area contributed by atoms with Crippen molar-refractivity contribution in [1.29, 1.82) is 0 Å². The molecule has 18 heavy (non-hydrogen) atoms. The van der Waals surface area contributed by atoms with Gasteiger partial charge in [-0.2, -0.15) is 10.2 Å². The van der Waals surface area contributed by atoms with Gasteiger partial charge in [-0.3, -0.25) is 9.36 Å². The smallest absolute Gasteiger partial charge is 0.126 e. The Morgan fingerprint density at radius 1 is 1.44 bits per heavy atom. The number of hydrogen-bond acceptors (Lipinski definition) is 3. The highest BCUT2D eigenvalue weighted by Gasteiger charge is 2.25. The van der Waals surface area contributed by atoms with Gasteiger partial charge in [0.05, 0.1) is 22.6 Å². The van der Waals surface area contributed by atoms with Crippen LogP contribution in [0.1, 0.15) is 35.7 Å². The summed E-state index contributed by atoms with van der Waals surface area (Å²) in [7, 11) is 1.86. The van der Waals surface area contributed by atoms with Crippen molar-refractivity contribution in [2.45, 2.75) is 33.4 Å². The fourth-order valence-electron chi connectivity index (χ4n) is 2.22. The van der Waals surface area contributed by atoms with Crippen molar-refractivity contribution in [3.63, 3.8) is 0 Å². The van der Waals surface area contributed by atoms with Crippen molar-refractivity contribution in [1.82, 2.24) is 19.6 Å². The molecule has 5 nitrogen and oxygen atoms in total. The Morgan fingerprint density at radius 3 is 2.61 bits per heavy atom. The quantitative estimate of drug-likeness (QED) is 0.926. The molecule has 0 amide bonds. The number of rotatable bonds is 3. The highest BCUT2D eigenvalue weighted by Crippen LogP contribution is 2.31. The second kappa shape index (κ2) is 4.74. The maximum absolute atomic E-state index is 10.5. The van der Waals surface area contributed by atoms with Gasteiger partial charge >= 0.3 is 0 Å². The number of hydrogen-bond donors (Lipinski definition) is 1. The summed E-state index contributed by atoms with van der Waals surface area (Å²) in [6, 6.07) is 0. The zero-order valence-electron chi connectivity index (χ0n) is 11.0. The Kier molecular flexibility index (Phi) is 3.45. The van der Waals surface area contributed by atoms with Crippen LogP contribution in [0.2, 0.25) is 5.02 Å². The zero-order chi connectivity index (χ0) is 13.4. The first kappa shape index (κ1) is 13.1. The highest BCUT2D eigenvalue weighted by atomic mass is 35.5. The van der Waals surface area contributed by atoms with Crippen molar-refractivity contribution in [3.8, 4) is 0 Å². The van der Waals surface area contributed by atoms with E-state index in [4.69, 9.17) is 11.6 Å². The fourth-order valence-corrected chi connectivity index (χ4v) is 2.46. The summed E-state index contributed by atoms with van der Waals surface area (Å²) >= 11 is 6.11. The monoisotopic (exact) mass is 268 g/mol. The summed E-state index contributed by atoms with van der Waals surface area (Å²) in [6.07, 6.45) is 0.763. The van der Waals surface area contributed by atoms with Crippen LogP contribution in [0, 0.1) is 13.8 Å². The lowest BCUT2D eigenvalue weighted by Crippen LogP contribution is -2.11. The first-order chi connectivity index (χ1) is 8.47. The van der Waals surface area contributed by atoms with E-state index in [1.54, 1.807) is 15.6 Å². The van der Waals surface area contributed by atoms with Gasteiger partial charge in [-0.15, -0.1) is 0 Å². The second-order valence-electron chi connectivity index (χ2n) is 4.30. The summed E-state index contributed by atoms with van der Waals surface area (Å²) < 4.78 is 3.47. The SMILES string of the molecule is CCn1ncc(Cl)c1C(O)c1c(C)nn(C)c1C. The van der Waals surface area contributed by atoms with Gasteiger partial charge in [-0.05, 0) is 20.8 Å². The van der Waals surface area contributed by atoms with Crippen LogP contribution in [0.3, 0.4) is 0 Å². The molecule has 0 radical (unpaired) electrons. The van der Waals surface area contributed by atoms with Crippen LogP contribution in [0.4, 0.5) is 0 Å². The fraction of sp³-hybridized carbons (Fsp3) is 0.500. The highest BCUT2D eigenvalue weighted by molar-refractivity contribution is 6.31. The van der Waals surface area contributed by atoms with Crippen LogP contribution in [0.15, 0.2) is 6.20 Å². The number of aliphatic hydroxyl groups is 1. The van der Waals surface area contributed by atoms with E-state index < -0.39 is 6.10 Å². The molecule has 0 fully saturated rings. The van der Waals surface area contributed by atoms with E-state index in [0.29, 0.717) is 17.3 Å². The molecule has 1 N–H and O–H groups in total. The molecule has 0 bridgehead atoms. The molecular formula is C12H17ClN4O. The Labute approximate surface area is 111 Å². The average Bonchev–Trinajstić information content (AvgIpc) is 2.80. The van der Waals surface area contributed by atoms with E-state index in [2.05, 4.69) is 10.2 Å². The maximum Gasteiger partial charge on any atom is 0.126 e. The third kappa shape index (κ3) is 1.93. The lowest BCUT2D eigenvalue weighted by Gasteiger charge is -2.14. The first-order valence-electron chi connectivity index (χ1n) is 5.86. The van der Waals surface area contributed by atoms with Crippen LogP contribution in [0.5, 0.6) is 0 Å². The second-order valence-corrected chi connectivity index (χ2v) is 4.71. The molecule has 98 valence electrons. The number of halogens is 1. The molecule has 2 rings (SSSR count). The predicted molar refractivity (Wildman–Crippen MR) is 69.7 cm³/mol. The average molecular weight is 269 g/mol. The summed E-state index contributed by atoms with van der Waals surface area (Å²) in [5, 5.41) is 19.5. The van der Waals surface area contributed by atoms with Crippen molar-refractivity contribution >= 4 is 11.6 Å². The largest absolute Gasteiger partial charge is 0.382 e. The molecule has 6 heteroatoms. The Bertz CT molecular complexity index is 573. The predicted octanol–water partition coefficient (Wildman–Crippen LogP) is 1.99. The van der Waals surface area contributed by atoms with Gasteiger partial charge in [-0.1, -0.05) is 11.6 Å². The Hall–Kier alpha value is -1.33. The van der Waals surface area contributed by atoms with Gasteiger partial charge in [-0.25, -0.2) is 0 Å². The summed E-state index contributed by atoms with van der Waals surface area (Å²) in [5.74, 6) is 0. The van der Waals surface area contributed by atoms with Gasteiger partial charge < -0.3 is 5.11 Å². The van der Waals surface area contributed by atoms with Gasteiger partial charge in [0.15, 0.2) is 0 Å². The van der Waals surface area contributed by atoms with E-state index >= 15 is 0 Å². The van der Waals surface area contributed by atoms with E-state index in [1.165, 1.54) is 0 Å². The van der Waals surface area contributed by atoms with E-state index in [1.807, 2.05) is 27.8 Å². The van der Waals surface area contributed by atoms with Crippen molar-refractivity contribution < 1.29 is 5.11 Å². The third-order valence-corrected chi connectivity index (χ3v) is 3.52. The van der Waals surface area contributed by atoms with Gasteiger partial charge in [0.2, 0.25) is 0 Å². The van der Waals surface area contributed by atoms with Gasteiger partial charge in [0, 0.05) is 24.8 Å². The normalized spacial score (nSPS) is 13.0. The maximum atomic E-state index is 10.5. The molecule has 0 saturated heterocycles. The lowest BCUT2D eigenvalue weighted by molar-refractivity contribution is 0.206. The third-order valence-electron chi connectivity index (χ3n) is 3.23. The zero-order valence-corrected chi connectivity index (χ0v) is 11.7. The van der Waals surface area contributed by atoms with E-state index in [0.717, 1.165) is 17.0 Å². The molecule has 2 aromatic heterocycles. The van der Waals surface area contributed by atoms with E-state index in [-0.39, 0.29) is 0 Å². The van der Waals surface area contributed by atoms with Crippen LogP contribution in [0.25, 0.3) is 0 Å². The number of nitrogens with zero attached hydrogens (tertiary/aromatic N) is 4. The molecule has 0 aromatic carbocycles. The molecular weight excluding hydrogens is 252 g/mol. The molecule has 0 saturated carbocycles. The van der Waals surface area contributed by atoms with Crippen LogP contribution >= 0.6 is 11.6 Å². The molecule has 0 aliphatic rings. The summed E-state index contributed by atoms with van der Waals surface area (Å²) in [5.41, 5.74) is 3.16. The van der Waals surface area contributed by atoms with Crippen LogP contribution < -0.4 is 0 Å². The lowest BCUT2D eigenvalue weighted by atomic mass is 10.0. The molecule has 0 spiro atoms. The molecule has 2 aromatic rings. The molecule has 1 atom stereocenters. The number of aliphatic hydroxyl groups excluding tert-OH is 1.